The van der Waals surface area contributed by atoms with Gasteiger partial charge < -0.3 is 0 Å². The van der Waals surface area contributed by atoms with Gasteiger partial charge in [-0.15, -0.1) is 0 Å². The first kappa shape index (κ1) is 104. The second-order valence-corrected chi connectivity index (χ2v) is 38.2. The van der Waals surface area contributed by atoms with Crippen molar-refractivity contribution in [3.63, 3.8) is 0 Å². The lowest BCUT2D eigenvalue weighted by atomic mass is 9.25. The van der Waals surface area contributed by atoms with Gasteiger partial charge in [0.15, 0.2) is 0 Å². The molecule has 1 aliphatic carbocycles. The van der Waals surface area contributed by atoms with Gasteiger partial charge in [0, 0.05) is 0 Å². The Bertz CT molecular complexity index is 1460. The van der Waals surface area contributed by atoms with Gasteiger partial charge in [0.2, 0.25) is 0 Å². The van der Waals surface area contributed by atoms with E-state index < -0.39 is 0 Å². The van der Waals surface area contributed by atoms with E-state index in [1.807, 2.05) is 0 Å². The highest BCUT2D eigenvalue weighted by Gasteiger charge is 2.75. The van der Waals surface area contributed by atoms with Crippen molar-refractivity contribution in [1.82, 2.24) is 0 Å². The highest BCUT2D eigenvalue weighted by atomic mass is 14.8. The van der Waals surface area contributed by atoms with Crippen LogP contribution in [0.2, 0.25) is 0 Å². The first-order chi connectivity index (χ1) is 52.3. The van der Waals surface area contributed by atoms with Crippen molar-refractivity contribution < 1.29 is 0 Å². The molecule has 0 unspecified atom stereocenters. The van der Waals surface area contributed by atoms with Gasteiger partial charge in [-0.25, -0.2) is 0 Å². The lowest BCUT2D eigenvalue weighted by Gasteiger charge is -2.79. The van der Waals surface area contributed by atoms with Gasteiger partial charge >= 0.3 is 0 Å². The fraction of sp³-hybridized carbons (Fsp3) is 1.00. The number of hydrogen-bond acceptors (Lipinski definition) is 0. The molecule has 636 valence electrons. The van der Waals surface area contributed by atoms with Gasteiger partial charge in [-0.3, -0.25) is 0 Å². The molecule has 0 radical (unpaired) electrons. The minimum atomic E-state index is 0.397. The Morgan fingerprint density at radius 1 is 0.104 bits per heavy atom. The van der Waals surface area contributed by atoms with Crippen LogP contribution in [0.25, 0.3) is 0 Å². The van der Waals surface area contributed by atoms with Crippen LogP contribution >= 0.6 is 0 Å². The maximum atomic E-state index is 2.45. The summed E-state index contributed by atoms with van der Waals surface area (Å²) < 4.78 is 0. The molecule has 0 aromatic heterocycles. The third-order valence-corrected chi connectivity index (χ3v) is 29.3. The lowest BCUT2D eigenvalue weighted by molar-refractivity contribution is -0.301. The zero-order valence-corrected chi connectivity index (χ0v) is 76.8. The Hall–Kier alpha value is 0. The minimum absolute atomic E-state index is 0.397. The summed E-state index contributed by atoms with van der Waals surface area (Å²) in [6, 6.07) is 0. The smallest absolute Gasteiger partial charge is 0.0174 e. The van der Waals surface area contributed by atoms with E-state index in [2.05, 4.69) is 69.2 Å². The maximum Gasteiger partial charge on any atom is -0.0174 e. The topological polar surface area (TPSA) is 0 Å². The molecule has 1 aliphatic rings. The molecule has 0 aromatic carbocycles. The predicted octanol–water partition coefficient (Wildman–Crippen LogP) is 40.6. The van der Waals surface area contributed by atoms with E-state index in [4.69, 9.17) is 0 Å². The van der Waals surface area contributed by atoms with Crippen molar-refractivity contribution in [3.8, 4) is 0 Å². The molecule has 0 bridgehead atoms. The van der Waals surface area contributed by atoms with E-state index in [0.29, 0.717) is 27.1 Å². The highest BCUT2D eigenvalue weighted by molar-refractivity contribution is 5.24. The molecule has 1 fully saturated rings. The Morgan fingerprint density at radius 3 is 0.321 bits per heavy atom. The highest BCUT2D eigenvalue weighted by Crippen LogP contribution is 2.83. The summed E-state index contributed by atoms with van der Waals surface area (Å²) in [5, 5.41) is 0. The van der Waals surface area contributed by atoms with Crippen molar-refractivity contribution in [2.45, 2.75) is 654 Å². The summed E-state index contributed by atoms with van der Waals surface area (Å²) >= 11 is 0. The van der Waals surface area contributed by atoms with Crippen LogP contribution in [0.1, 0.15) is 654 Å². The molecule has 0 aromatic rings. The summed E-state index contributed by atoms with van der Waals surface area (Å²) in [5.41, 5.74) is 2.09. The van der Waals surface area contributed by atoms with Crippen LogP contribution in [-0.2, 0) is 0 Å². The van der Waals surface area contributed by atoms with Gasteiger partial charge in [0.1, 0.15) is 0 Å². The van der Waals surface area contributed by atoms with Crippen LogP contribution in [0.5, 0.6) is 0 Å². The van der Waals surface area contributed by atoms with Crippen LogP contribution in [0.4, 0.5) is 0 Å². The Labute approximate surface area is 676 Å². The van der Waals surface area contributed by atoms with Crippen molar-refractivity contribution in [3.05, 3.63) is 0 Å². The SMILES string of the molecule is CCCCCCCCCCC1(CCCCCCCCCC)CC(CCCCCCCCCC)(CCCCCCCCCC)C(CCCCCCCCCC)(CCCCCCCCCC)C(CCCCCCCCCC)(CCCCCCCCCC)C1(CCCCCCCCCC)CCCCCCCCCC. The standard InChI is InChI=1S/C106H212/c1-11-21-31-41-51-61-71-81-91-102(92-82-72-62-52-42-32-22-12-2)101-103(93-83-73-63-53-43-33-23-13-3,94-84-74-64-54-44-34-24-14-4)105(97-87-77-67-57-47-37-27-17-7,98-88-78-68-58-48-38-28-18-8)106(99-89-79-69-59-49-39-29-19-9,100-90-80-70-60-50-40-30-20-10)104(102,95-85-75-65-55-45-35-25-15-5)96-86-76-66-56-46-36-26-16-6/h11-101H2,1-10H3. The molecule has 0 nitrogen and oxygen atoms in total. The lowest BCUT2D eigenvalue weighted by Crippen LogP contribution is -2.71. The van der Waals surface area contributed by atoms with Crippen LogP contribution in [0, 0.1) is 27.1 Å². The van der Waals surface area contributed by atoms with Crippen molar-refractivity contribution in [2.75, 3.05) is 0 Å². The molecule has 0 heteroatoms. The summed E-state index contributed by atoms with van der Waals surface area (Å²) in [7, 11) is 0. The molecule has 106 heavy (non-hydrogen) atoms. The monoisotopic (exact) mass is 1490 g/mol. The molecular weight excluding hydrogens is 1270 g/mol. The van der Waals surface area contributed by atoms with E-state index in [1.54, 1.807) is 135 Å². The van der Waals surface area contributed by atoms with E-state index >= 15 is 0 Å². The minimum Gasteiger partial charge on any atom is -0.0654 e. The third-order valence-electron chi connectivity index (χ3n) is 29.3. The third kappa shape index (κ3) is 47.8. The van der Waals surface area contributed by atoms with Crippen LogP contribution in [0.3, 0.4) is 0 Å². The van der Waals surface area contributed by atoms with Crippen molar-refractivity contribution >= 4 is 0 Å². The van der Waals surface area contributed by atoms with Gasteiger partial charge in [0.05, 0.1) is 0 Å². The number of rotatable bonds is 90. The molecular formula is C106H212. The second kappa shape index (κ2) is 77.6. The molecule has 0 aliphatic heterocycles. The zero-order valence-electron chi connectivity index (χ0n) is 76.8. The van der Waals surface area contributed by atoms with Gasteiger partial charge in [-0.2, -0.15) is 0 Å². The van der Waals surface area contributed by atoms with Gasteiger partial charge in [-0.05, 0) is 97.7 Å². The fourth-order valence-corrected chi connectivity index (χ4v) is 23.1. The Morgan fingerprint density at radius 2 is 0.198 bits per heavy atom. The molecule has 0 heterocycles. The molecule has 0 atom stereocenters. The first-order valence-corrected chi connectivity index (χ1v) is 52.3. The Balaban J connectivity index is 5.29. The number of unbranched alkanes of at least 4 members (excludes halogenated alkanes) is 70. The van der Waals surface area contributed by atoms with Crippen molar-refractivity contribution in [2.24, 2.45) is 27.1 Å². The number of hydrogen-bond donors (Lipinski definition) is 0. The van der Waals surface area contributed by atoms with Crippen LogP contribution < -0.4 is 0 Å². The van der Waals surface area contributed by atoms with E-state index in [1.165, 1.54) is 449 Å². The van der Waals surface area contributed by atoms with Crippen molar-refractivity contribution in [1.29, 1.82) is 0 Å². The summed E-state index contributed by atoms with van der Waals surface area (Å²) in [6.45, 7) is 24.4. The molecule has 1 saturated carbocycles. The normalized spacial score (nSPS) is 15.2. The van der Waals surface area contributed by atoms with Gasteiger partial charge in [-0.1, -0.05) is 583 Å². The first-order valence-electron chi connectivity index (χ1n) is 52.3. The van der Waals surface area contributed by atoms with Crippen LogP contribution in [0.15, 0.2) is 0 Å². The fourth-order valence-electron chi connectivity index (χ4n) is 23.1. The Kier molecular flexibility index (Phi) is 76.1. The molecule has 1 rings (SSSR count). The molecule has 0 amide bonds. The average molecular weight is 1490 g/mol. The largest absolute Gasteiger partial charge is 0.0654 e. The average Bonchev–Trinajstić information content (AvgIpc) is 0.659. The predicted molar refractivity (Wildman–Crippen MR) is 489 cm³/mol. The second-order valence-electron chi connectivity index (χ2n) is 38.2. The van der Waals surface area contributed by atoms with E-state index in [-0.39, 0.29) is 0 Å². The summed E-state index contributed by atoms with van der Waals surface area (Å²) in [4.78, 5) is 0. The summed E-state index contributed by atoms with van der Waals surface area (Å²) in [6.07, 6.45) is 136. The summed E-state index contributed by atoms with van der Waals surface area (Å²) in [5.74, 6) is 0. The van der Waals surface area contributed by atoms with Crippen LogP contribution in [-0.4, -0.2) is 0 Å². The maximum absolute atomic E-state index is 2.45. The molecule has 0 N–H and O–H groups in total. The molecule has 0 saturated heterocycles. The quantitative estimate of drug-likeness (QED) is 0.0533. The molecule has 0 spiro atoms. The van der Waals surface area contributed by atoms with Gasteiger partial charge in [0.25, 0.3) is 0 Å². The van der Waals surface area contributed by atoms with E-state index in [0.717, 1.165) is 0 Å². The zero-order chi connectivity index (χ0) is 76.8. The van der Waals surface area contributed by atoms with E-state index in [9.17, 15) is 0 Å².